The van der Waals surface area contributed by atoms with E-state index in [1.807, 2.05) is 11.3 Å². The van der Waals surface area contributed by atoms with E-state index in [-0.39, 0.29) is 18.5 Å². The number of para-hydroxylation sites is 2. The van der Waals surface area contributed by atoms with Crippen LogP contribution in [-0.4, -0.2) is 4.57 Å². The van der Waals surface area contributed by atoms with E-state index >= 15 is 0 Å². The molecule has 0 saturated carbocycles. The summed E-state index contributed by atoms with van der Waals surface area (Å²) in [7, 11) is 0. The van der Waals surface area contributed by atoms with Crippen LogP contribution < -0.4 is 16.0 Å². The Balaban J connectivity index is 1.02. The number of nitrogens with one attached hydrogen (secondary N) is 3. The van der Waals surface area contributed by atoms with Gasteiger partial charge in [-0.15, -0.1) is 11.3 Å². The first kappa shape index (κ1) is 32.7. The Kier molecular flexibility index (Phi) is 7.46. The Bertz CT molecular complexity index is 3210. The van der Waals surface area contributed by atoms with Crippen molar-refractivity contribution in [3.63, 3.8) is 0 Å². The molecule has 2 atom stereocenters. The van der Waals surface area contributed by atoms with Crippen molar-refractivity contribution in [3.8, 4) is 16.8 Å². The quantitative estimate of drug-likeness (QED) is 0.164. The fourth-order valence-electron chi connectivity index (χ4n) is 9.19. The van der Waals surface area contributed by atoms with E-state index in [1.165, 1.54) is 69.9 Å². The fourth-order valence-corrected chi connectivity index (χ4v) is 10.4. The molecule has 3 aromatic heterocycles. The van der Waals surface area contributed by atoms with E-state index in [0.29, 0.717) is 0 Å². The van der Waals surface area contributed by atoms with Crippen molar-refractivity contribution in [1.82, 2.24) is 20.5 Å². The van der Waals surface area contributed by atoms with Crippen LogP contribution in [-0.2, 0) is 0 Å². The normalized spacial score (nSPS) is 17.4. The topological polar surface area (TPSA) is 54.2 Å². The highest BCUT2D eigenvalue weighted by atomic mass is 32.1. The number of rotatable bonds is 5. The van der Waals surface area contributed by atoms with Crippen LogP contribution in [0.25, 0.3) is 80.7 Å². The van der Waals surface area contributed by atoms with Gasteiger partial charge in [0, 0.05) is 37.0 Å². The molecular weight excluding hydrogens is 717 g/mol. The van der Waals surface area contributed by atoms with Crippen LogP contribution in [0.1, 0.15) is 35.2 Å². The third-order valence-electron chi connectivity index (χ3n) is 11.7. The SMILES string of the molecule is c1ccc(C2NC(c3ccccc3)NC(c3cccc4oc5ccc(-c6cccc7sc8c(-n9c%10ccccc%10c%10ccccc%109)cccc8c67)cc5c34)N2)cc1. The third kappa shape index (κ3) is 5.19. The lowest BCUT2D eigenvalue weighted by Gasteiger charge is -2.39. The van der Waals surface area contributed by atoms with Gasteiger partial charge in [-0.1, -0.05) is 140 Å². The van der Waals surface area contributed by atoms with Crippen molar-refractivity contribution >= 4 is 75.3 Å². The van der Waals surface area contributed by atoms with E-state index in [1.54, 1.807) is 0 Å². The monoisotopic (exact) mass is 752 g/mol. The highest BCUT2D eigenvalue weighted by molar-refractivity contribution is 7.26. The fraction of sp³-hybridized carbons (Fsp3) is 0.0588. The molecule has 2 unspecified atom stereocenters. The van der Waals surface area contributed by atoms with Crippen LogP contribution in [0.4, 0.5) is 0 Å². The van der Waals surface area contributed by atoms with Gasteiger partial charge in [0.25, 0.3) is 0 Å². The number of nitrogens with zero attached hydrogens (tertiary/aromatic N) is 1. The summed E-state index contributed by atoms with van der Waals surface area (Å²) in [5.74, 6) is 0. The average molecular weight is 753 g/mol. The minimum absolute atomic E-state index is 0.0662. The second kappa shape index (κ2) is 13.0. The largest absolute Gasteiger partial charge is 0.456 e. The molecule has 8 aromatic carbocycles. The zero-order chi connectivity index (χ0) is 37.5. The number of hydrogen-bond donors (Lipinski definition) is 3. The van der Waals surface area contributed by atoms with Crippen LogP contribution in [0.5, 0.6) is 0 Å². The van der Waals surface area contributed by atoms with Crippen LogP contribution >= 0.6 is 11.3 Å². The van der Waals surface area contributed by atoms with Crippen molar-refractivity contribution in [1.29, 1.82) is 0 Å². The standard InChI is InChI=1S/C51H36N4OS/c1-3-14-31(15-4-1)49-52-50(32-16-5-2-6-17-32)54-51(53-49)38-22-12-26-44-46(38)39-30-33(28-29-43(39)56-44)34-20-13-27-45-47(34)37-21-11-25-42(48(37)57-45)55-40-23-9-7-18-35(40)36-19-8-10-24-41(36)55/h1-30,49-54H. The molecule has 1 saturated heterocycles. The molecule has 6 heteroatoms. The van der Waals surface area contributed by atoms with Crippen LogP contribution in [0, 0.1) is 0 Å². The Morgan fingerprint density at radius 3 is 1.79 bits per heavy atom. The van der Waals surface area contributed by atoms with E-state index in [0.717, 1.165) is 27.5 Å². The smallest absolute Gasteiger partial charge is 0.135 e. The van der Waals surface area contributed by atoms with Crippen LogP contribution in [0.2, 0.25) is 0 Å². The number of thiophene rings is 1. The molecule has 12 rings (SSSR count). The molecule has 1 aliphatic heterocycles. The van der Waals surface area contributed by atoms with Crippen molar-refractivity contribution < 1.29 is 4.42 Å². The van der Waals surface area contributed by atoms with Crippen molar-refractivity contribution in [2.24, 2.45) is 0 Å². The summed E-state index contributed by atoms with van der Waals surface area (Å²) in [6.07, 6.45) is -0.287. The third-order valence-corrected chi connectivity index (χ3v) is 12.9. The molecule has 57 heavy (non-hydrogen) atoms. The summed E-state index contributed by atoms with van der Waals surface area (Å²) in [5, 5.41) is 18.9. The molecule has 1 fully saturated rings. The molecule has 0 spiro atoms. The van der Waals surface area contributed by atoms with Crippen molar-refractivity contribution in [2.45, 2.75) is 18.5 Å². The van der Waals surface area contributed by atoms with E-state index in [9.17, 15) is 0 Å². The van der Waals surface area contributed by atoms with Crippen LogP contribution in [0.3, 0.4) is 0 Å². The second-order valence-electron chi connectivity index (χ2n) is 15.0. The minimum atomic E-state index is -0.154. The molecule has 272 valence electrons. The minimum Gasteiger partial charge on any atom is -0.456 e. The highest BCUT2D eigenvalue weighted by Crippen LogP contribution is 2.45. The van der Waals surface area contributed by atoms with Crippen LogP contribution in [0.15, 0.2) is 186 Å². The van der Waals surface area contributed by atoms with E-state index < -0.39 is 0 Å². The number of fused-ring (bicyclic) bond motifs is 9. The molecular formula is C51H36N4OS. The Hall–Kier alpha value is -6.54. The lowest BCUT2D eigenvalue weighted by Crippen LogP contribution is -2.54. The molecule has 4 heterocycles. The predicted octanol–water partition coefficient (Wildman–Crippen LogP) is 12.9. The molecule has 5 nitrogen and oxygen atoms in total. The molecule has 0 radical (unpaired) electrons. The highest BCUT2D eigenvalue weighted by Gasteiger charge is 2.31. The van der Waals surface area contributed by atoms with Gasteiger partial charge in [-0.05, 0) is 70.3 Å². The summed E-state index contributed by atoms with van der Waals surface area (Å²) in [4.78, 5) is 0. The summed E-state index contributed by atoms with van der Waals surface area (Å²) in [5.41, 5.74) is 11.3. The molecule has 11 aromatic rings. The molecule has 0 bridgehead atoms. The van der Waals surface area contributed by atoms with Gasteiger partial charge in [-0.2, -0.15) is 0 Å². The first-order chi connectivity index (χ1) is 28.3. The summed E-state index contributed by atoms with van der Waals surface area (Å²) in [6.45, 7) is 0. The zero-order valence-corrected chi connectivity index (χ0v) is 31.6. The van der Waals surface area contributed by atoms with Crippen molar-refractivity contribution in [3.05, 3.63) is 199 Å². The van der Waals surface area contributed by atoms with E-state index in [4.69, 9.17) is 4.42 Å². The Morgan fingerprint density at radius 1 is 0.456 bits per heavy atom. The van der Waals surface area contributed by atoms with Gasteiger partial charge in [0.2, 0.25) is 0 Å². The predicted molar refractivity (Wildman–Crippen MR) is 237 cm³/mol. The van der Waals surface area contributed by atoms with Crippen molar-refractivity contribution in [2.75, 3.05) is 0 Å². The Labute approximate surface area is 332 Å². The summed E-state index contributed by atoms with van der Waals surface area (Å²) >= 11 is 1.88. The van der Waals surface area contributed by atoms with Gasteiger partial charge >= 0.3 is 0 Å². The van der Waals surface area contributed by atoms with Gasteiger partial charge < -0.3 is 8.98 Å². The molecule has 0 amide bonds. The zero-order valence-electron chi connectivity index (χ0n) is 30.8. The molecule has 0 aliphatic carbocycles. The average Bonchev–Trinajstić information content (AvgIpc) is 3.96. The summed E-state index contributed by atoms with van der Waals surface area (Å²) in [6, 6.07) is 65.4. The maximum atomic E-state index is 6.60. The van der Waals surface area contributed by atoms with Gasteiger partial charge in [0.15, 0.2) is 0 Å². The number of hydrogen-bond acceptors (Lipinski definition) is 5. The lowest BCUT2D eigenvalue weighted by molar-refractivity contribution is 0.204. The van der Waals surface area contributed by atoms with Gasteiger partial charge in [-0.25, -0.2) is 0 Å². The van der Waals surface area contributed by atoms with Gasteiger partial charge in [0.05, 0.1) is 39.9 Å². The Morgan fingerprint density at radius 2 is 1.07 bits per heavy atom. The number of benzene rings is 8. The second-order valence-corrected chi connectivity index (χ2v) is 16.0. The molecule has 3 N–H and O–H groups in total. The first-order valence-corrected chi connectivity index (χ1v) is 20.3. The van der Waals surface area contributed by atoms with E-state index in [2.05, 4.69) is 203 Å². The number of furan rings is 1. The van der Waals surface area contributed by atoms with Gasteiger partial charge in [-0.3, -0.25) is 16.0 Å². The first-order valence-electron chi connectivity index (χ1n) is 19.5. The lowest BCUT2D eigenvalue weighted by atomic mass is 9.96. The number of aromatic nitrogens is 1. The molecule has 1 aliphatic rings. The maximum Gasteiger partial charge on any atom is 0.135 e. The van der Waals surface area contributed by atoms with Gasteiger partial charge in [0.1, 0.15) is 11.2 Å². The summed E-state index contributed by atoms with van der Waals surface area (Å²) < 4.78 is 11.6. The maximum absolute atomic E-state index is 6.60.